The van der Waals surface area contributed by atoms with E-state index in [0.717, 1.165) is 32.7 Å². The van der Waals surface area contributed by atoms with Gasteiger partial charge in [-0.3, -0.25) is 9.11 Å². The Labute approximate surface area is 122 Å². The molecule has 1 aliphatic heterocycles. The number of benzene rings is 1. The van der Waals surface area contributed by atoms with Crippen LogP contribution in [0.2, 0.25) is 5.02 Å². The van der Waals surface area contributed by atoms with Crippen molar-refractivity contribution < 1.29 is 4.21 Å². The van der Waals surface area contributed by atoms with E-state index < -0.39 is 10.8 Å². The monoisotopic (exact) mass is 301 g/mol. The molecule has 0 aliphatic carbocycles. The summed E-state index contributed by atoms with van der Waals surface area (Å²) in [6.45, 7) is 5.03. The van der Waals surface area contributed by atoms with Crippen LogP contribution in [-0.4, -0.2) is 59.5 Å². The van der Waals surface area contributed by atoms with Crippen LogP contribution in [0.4, 0.5) is 5.69 Å². The number of hydrogen-bond donors (Lipinski definition) is 1. The van der Waals surface area contributed by atoms with E-state index in [9.17, 15) is 4.21 Å². The van der Waals surface area contributed by atoms with Gasteiger partial charge in [-0.05, 0) is 19.2 Å². The summed E-state index contributed by atoms with van der Waals surface area (Å²) < 4.78 is 12.3. The van der Waals surface area contributed by atoms with Gasteiger partial charge in [0.25, 0.3) is 0 Å². The number of piperazine rings is 1. The first-order chi connectivity index (χ1) is 9.08. The van der Waals surface area contributed by atoms with Crippen molar-refractivity contribution in [2.75, 3.05) is 51.3 Å². The zero-order valence-corrected chi connectivity index (χ0v) is 12.7. The lowest BCUT2D eigenvalue weighted by molar-refractivity contribution is 0.161. The molecule has 0 spiro atoms. The first-order valence-electron chi connectivity index (χ1n) is 6.41. The molecule has 2 rings (SSSR count). The molecule has 0 saturated carbocycles. The highest BCUT2D eigenvalue weighted by Crippen LogP contribution is 2.25. The highest BCUT2D eigenvalue weighted by atomic mass is 35.5. The van der Waals surface area contributed by atoms with Crippen molar-refractivity contribution in [3.8, 4) is 0 Å². The van der Waals surface area contributed by atoms with Crippen molar-refractivity contribution in [3.63, 3.8) is 0 Å². The van der Waals surface area contributed by atoms with Gasteiger partial charge in [0.2, 0.25) is 0 Å². The van der Waals surface area contributed by atoms with Gasteiger partial charge in [-0.25, -0.2) is 0 Å². The number of anilines is 1. The molecule has 0 radical (unpaired) electrons. The van der Waals surface area contributed by atoms with Gasteiger partial charge in [0, 0.05) is 44.2 Å². The highest BCUT2D eigenvalue weighted by Gasteiger charge is 2.17. The lowest BCUT2D eigenvalue weighted by Crippen LogP contribution is -2.45. The number of nitrogen functional groups attached to an aromatic ring is 1. The van der Waals surface area contributed by atoms with Gasteiger partial charge in [0.15, 0.2) is 0 Å². The molecule has 1 heterocycles. The van der Waals surface area contributed by atoms with Crippen LogP contribution in [0.5, 0.6) is 0 Å². The lowest BCUT2D eigenvalue weighted by atomic mass is 10.3. The second-order valence-electron chi connectivity index (χ2n) is 4.85. The highest BCUT2D eigenvalue weighted by molar-refractivity contribution is 7.85. The van der Waals surface area contributed by atoms with Crippen molar-refractivity contribution in [1.29, 1.82) is 0 Å². The fraction of sp³-hybridized carbons (Fsp3) is 0.538. The van der Waals surface area contributed by atoms with Crippen molar-refractivity contribution >= 4 is 28.1 Å². The summed E-state index contributed by atoms with van der Waals surface area (Å²) >= 11 is 6.07. The van der Waals surface area contributed by atoms with Crippen molar-refractivity contribution in [2.24, 2.45) is 0 Å². The Balaban J connectivity index is 1.91. The number of halogens is 1. The quantitative estimate of drug-likeness (QED) is 0.851. The maximum atomic E-state index is 12.3. The third-order valence-electron chi connectivity index (χ3n) is 3.41. The molecule has 1 saturated heterocycles. The SMILES string of the molecule is CN1CCN(CCS(=O)c2c(N)cccc2Cl)CC1. The smallest absolute Gasteiger partial charge is 0.0803 e. The van der Waals surface area contributed by atoms with E-state index in [1.54, 1.807) is 18.2 Å². The minimum Gasteiger partial charge on any atom is -0.398 e. The van der Waals surface area contributed by atoms with Crippen LogP contribution >= 0.6 is 11.6 Å². The number of rotatable bonds is 4. The van der Waals surface area contributed by atoms with Gasteiger partial charge in [-0.15, -0.1) is 0 Å². The second-order valence-corrected chi connectivity index (χ2v) is 6.77. The van der Waals surface area contributed by atoms with Gasteiger partial charge >= 0.3 is 0 Å². The maximum absolute atomic E-state index is 12.3. The van der Waals surface area contributed by atoms with Crippen LogP contribution in [0.15, 0.2) is 23.1 Å². The third kappa shape index (κ3) is 3.92. The summed E-state index contributed by atoms with van der Waals surface area (Å²) in [5, 5.41) is 0.497. The Morgan fingerprint density at radius 1 is 1.32 bits per heavy atom. The van der Waals surface area contributed by atoms with Crippen LogP contribution in [-0.2, 0) is 10.8 Å². The van der Waals surface area contributed by atoms with E-state index in [-0.39, 0.29) is 0 Å². The van der Waals surface area contributed by atoms with E-state index >= 15 is 0 Å². The summed E-state index contributed by atoms with van der Waals surface area (Å²) in [5.41, 5.74) is 6.37. The van der Waals surface area contributed by atoms with Crippen molar-refractivity contribution in [2.45, 2.75) is 4.90 Å². The molecule has 2 N–H and O–H groups in total. The van der Waals surface area contributed by atoms with Crippen LogP contribution in [0.1, 0.15) is 0 Å². The number of hydrogen-bond acceptors (Lipinski definition) is 4. The van der Waals surface area contributed by atoms with Crippen LogP contribution in [0, 0.1) is 0 Å². The molecule has 1 atom stereocenters. The summed E-state index contributed by atoms with van der Waals surface area (Å²) in [5.74, 6) is 0.581. The average Bonchev–Trinajstić information content (AvgIpc) is 2.38. The molecule has 1 fully saturated rings. The molecule has 19 heavy (non-hydrogen) atoms. The minimum atomic E-state index is -1.13. The molecule has 1 aliphatic rings. The summed E-state index contributed by atoms with van der Waals surface area (Å²) in [7, 11) is 0.996. The van der Waals surface area contributed by atoms with E-state index in [2.05, 4.69) is 16.8 Å². The van der Waals surface area contributed by atoms with E-state index in [1.807, 2.05) is 0 Å². The minimum absolute atomic E-state index is 0.497. The molecule has 1 aromatic carbocycles. The van der Waals surface area contributed by atoms with Gasteiger partial charge in [-0.1, -0.05) is 17.7 Å². The Kier molecular flexibility index (Phi) is 5.21. The van der Waals surface area contributed by atoms with Gasteiger partial charge in [0.1, 0.15) is 0 Å². The zero-order valence-electron chi connectivity index (χ0n) is 11.1. The van der Waals surface area contributed by atoms with E-state index in [1.165, 1.54) is 0 Å². The van der Waals surface area contributed by atoms with Crippen LogP contribution < -0.4 is 5.73 Å². The Morgan fingerprint density at radius 2 is 2.00 bits per heavy atom. The number of nitrogens with zero attached hydrogens (tertiary/aromatic N) is 2. The fourth-order valence-electron chi connectivity index (χ4n) is 2.15. The molecule has 1 aromatic rings. The third-order valence-corrected chi connectivity index (χ3v) is 5.31. The molecule has 0 amide bonds. The predicted molar refractivity (Wildman–Crippen MR) is 81.1 cm³/mol. The summed E-state index contributed by atoms with van der Waals surface area (Å²) in [6, 6.07) is 5.26. The average molecular weight is 302 g/mol. The molecule has 1 unspecified atom stereocenters. The number of likely N-dealkylation sites (N-methyl/N-ethyl adjacent to an activating group) is 1. The molecule has 0 bridgehead atoms. The Hall–Kier alpha value is -0.620. The van der Waals surface area contributed by atoms with E-state index in [4.69, 9.17) is 17.3 Å². The Morgan fingerprint density at radius 3 is 2.63 bits per heavy atom. The van der Waals surface area contributed by atoms with Crippen LogP contribution in [0.3, 0.4) is 0 Å². The molecular formula is C13H20ClN3OS. The lowest BCUT2D eigenvalue weighted by Gasteiger charge is -2.32. The normalized spacial score (nSPS) is 19.5. The van der Waals surface area contributed by atoms with Crippen molar-refractivity contribution in [3.05, 3.63) is 23.2 Å². The van der Waals surface area contributed by atoms with Gasteiger partial charge in [-0.2, -0.15) is 0 Å². The maximum Gasteiger partial charge on any atom is 0.0803 e. The van der Waals surface area contributed by atoms with Crippen molar-refractivity contribution in [1.82, 2.24) is 9.80 Å². The second kappa shape index (κ2) is 6.70. The molecule has 0 aromatic heterocycles. The standard InChI is InChI=1S/C13H20ClN3OS/c1-16-5-7-17(8-6-16)9-10-19(18)13-11(14)3-2-4-12(13)15/h2-4H,5-10,15H2,1H3. The summed E-state index contributed by atoms with van der Waals surface area (Å²) in [6.07, 6.45) is 0. The first-order valence-corrected chi connectivity index (χ1v) is 8.11. The van der Waals surface area contributed by atoms with E-state index in [0.29, 0.717) is 21.4 Å². The summed E-state index contributed by atoms with van der Waals surface area (Å²) in [4.78, 5) is 5.23. The Bertz CT molecular complexity index is 441. The van der Waals surface area contributed by atoms with Gasteiger partial charge < -0.3 is 10.6 Å². The topological polar surface area (TPSA) is 49.6 Å². The molecule has 106 valence electrons. The molecule has 4 nitrogen and oxygen atoms in total. The molecule has 6 heteroatoms. The zero-order chi connectivity index (χ0) is 13.8. The largest absolute Gasteiger partial charge is 0.398 e. The fourth-order valence-corrected chi connectivity index (χ4v) is 3.84. The van der Waals surface area contributed by atoms with Crippen LogP contribution in [0.25, 0.3) is 0 Å². The molecular weight excluding hydrogens is 282 g/mol. The predicted octanol–water partition coefficient (Wildman–Crippen LogP) is 1.28. The number of nitrogens with two attached hydrogens (primary N) is 1. The first kappa shape index (κ1) is 14.8. The van der Waals surface area contributed by atoms with Gasteiger partial charge in [0.05, 0.1) is 20.7 Å².